The summed E-state index contributed by atoms with van der Waals surface area (Å²) in [5, 5.41) is 8.90. The number of rotatable bonds is 3. The van der Waals surface area contributed by atoms with Crippen LogP contribution in [0, 0.1) is 0 Å². The molecule has 3 nitrogen and oxygen atoms in total. The van der Waals surface area contributed by atoms with Gasteiger partial charge < -0.3 is 10.8 Å². The fourth-order valence-electron chi connectivity index (χ4n) is 0.972. The van der Waals surface area contributed by atoms with Crippen LogP contribution in [-0.4, -0.2) is 22.2 Å². The monoisotopic (exact) mass is 238 g/mol. The number of halogens is 2. The molecule has 0 aromatic carbocycles. The first kappa shape index (κ1) is 16.1. The molecule has 0 radical (unpaired) electrons. The summed E-state index contributed by atoms with van der Waals surface area (Å²) in [5.41, 5.74) is 6.11. The lowest BCUT2D eigenvalue weighted by Gasteiger charge is -2.20. The van der Waals surface area contributed by atoms with Gasteiger partial charge in [0.15, 0.2) is 0 Å². The van der Waals surface area contributed by atoms with Crippen molar-refractivity contribution in [3.05, 3.63) is 30.1 Å². The molecule has 14 heavy (non-hydrogen) atoms. The van der Waals surface area contributed by atoms with Gasteiger partial charge in [-0.3, -0.25) is 4.98 Å². The van der Waals surface area contributed by atoms with Gasteiger partial charge in [0.25, 0.3) is 0 Å². The standard InChI is InChI=1S/C9H14N2O.2ClH/c1-9(10,7-12)6-8-4-2-3-5-11-8;;/h2-5,12H,6-7,10H2,1H3;2*1H. The molecular formula is C9H16Cl2N2O. The number of hydrogen-bond acceptors (Lipinski definition) is 3. The summed E-state index contributed by atoms with van der Waals surface area (Å²) < 4.78 is 0. The molecule has 1 unspecified atom stereocenters. The second-order valence-corrected chi connectivity index (χ2v) is 3.31. The topological polar surface area (TPSA) is 59.1 Å². The summed E-state index contributed by atoms with van der Waals surface area (Å²) in [7, 11) is 0. The third-order valence-electron chi connectivity index (χ3n) is 1.67. The van der Waals surface area contributed by atoms with Crippen LogP contribution in [0.2, 0.25) is 0 Å². The molecule has 3 N–H and O–H groups in total. The highest BCUT2D eigenvalue weighted by Gasteiger charge is 2.17. The molecule has 1 aromatic rings. The summed E-state index contributed by atoms with van der Waals surface area (Å²) in [6.45, 7) is 1.78. The first-order chi connectivity index (χ1) is 5.64. The van der Waals surface area contributed by atoms with Gasteiger partial charge >= 0.3 is 0 Å². The second kappa shape index (κ2) is 7.01. The van der Waals surface area contributed by atoms with Crippen LogP contribution < -0.4 is 5.73 Å². The van der Waals surface area contributed by atoms with Crippen molar-refractivity contribution in [3.8, 4) is 0 Å². The molecule has 0 aliphatic heterocycles. The fourth-order valence-corrected chi connectivity index (χ4v) is 0.972. The van der Waals surface area contributed by atoms with Gasteiger partial charge in [0, 0.05) is 23.9 Å². The average Bonchev–Trinajstić information content (AvgIpc) is 2.06. The first-order valence-corrected chi connectivity index (χ1v) is 3.94. The predicted molar refractivity (Wildman–Crippen MR) is 62.1 cm³/mol. The molecular weight excluding hydrogens is 223 g/mol. The summed E-state index contributed by atoms with van der Waals surface area (Å²) in [5.74, 6) is 0. The Bertz CT molecular complexity index is 242. The van der Waals surface area contributed by atoms with E-state index in [1.165, 1.54) is 0 Å². The summed E-state index contributed by atoms with van der Waals surface area (Å²) in [6, 6.07) is 5.67. The van der Waals surface area contributed by atoms with Crippen LogP contribution in [0.1, 0.15) is 12.6 Å². The van der Waals surface area contributed by atoms with E-state index in [1.807, 2.05) is 25.1 Å². The Morgan fingerprint density at radius 2 is 2.07 bits per heavy atom. The molecule has 0 fully saturated rings. The van der Waals surface area contributed by atoms with Crippen LogP contribution in [0.5, 0.6) is 0 Å². The molecule has 82 valence electrons. The number of pyridine rings is 1. The Morgan fingerprint density at radius 1 is 1.43 bits per heavy atom. The van der Waals surface area contributed by atoms with E-state index in [4.69, 9.17) is 10.8 Å². The molecule has 0 aliphatic carbocycles. The number of nitrogens with zero attached hydrogens (tertiary/aromatic N) is 1. The van der Waals surface area contributed by atoms with E-state index in [0.29, 0.717) is 6.42 Å². The zero-order chi connectivity index (χ0) is 9.03. The zero-order valence-corrected chi connectivity index (χ0v) is 9.64. The number of aromatic nitrogens is 1. The van der Waals surface area contributed by atoms with Crippen LogP contribution in [0.4, 0.5) is 0 Å². The van der Waals surface area contributed by atoms with E-state index in [-0.39, 0.29) is 31.4 Å². The Kier molecular flexibility index (Phi) is 8.06. The number of aliphatic hydroxyl groups excluding tert-OH is 1. The minimum Gasteiger partial charge on any atom is -0.394 e. The van der Waals surface area contributed by atoms with Crippen molar-refractivity contribution in [2.45, 2.75) is 18.9 Å². The molecule has 5 heteroatoms. The van der Waals surface area contributed by atoms with Gasteiger partial charge in [-0.25, -0.2) is 0 Å². The van der Waals surface area contributed by atoms with Gasteiger partial charge in [0.2, 0.25) is 0 Å². The Labute approximate surface area is 96.6 Å². The molecule has 1 rings (SSSR count). The van der Waals surface area contributed by atoms with Gasteiger partial charge in [-0.1, -0.05) is 6.07 Å². The van der Waals surface area contributed by atoms with E-state index in [2.05, 4.69) is 4.98 Å². The lowest BCUT2D eigenvalue weighted by Crippen LogP contribution is -2.42. The van der Waals surface area contributed by atoms with E-state index in [9.17, 15) is 0 Å². The first-order valence-electron chi connectivity index (χ1n) is 3.94. The molecule has 1 atom stereocenters. The van der Waals surface area contributed by atoms with Crippen molar-refractivity contribution >= 4 is 24.8 Å². The summed E-state index contributed by atoms with van der Waals surface area (Å²) in [6.07, 6.45) is 2.33. The molecule has 0 saturated heterocycles. The lowest BCUT2D eigenvalue weighted by molar-refractivity contribution is 0.207. The maximum absolute atomic E-state index is 8.90. The highest BCUT2D eigenvalue weighted by atomic mass is 35.5. The second-order valence-electron chi connectivity index (χ2n) is 3.31. The molecule has 0 aliphatic rings. The van der Waals surface area contributed by atoms with Crippen LogP contribution in [-0.2, 0) is 6.42 Å². The molecule has 0 spiro atoms. The van der Waals surface area contributed by atoms with Crippen molar-refractivity contribution in [3.63, 3.8) is 0 Å². The smallest absolute Gasteiger partial charge is 0.0612 e. The van der Waals surface area contributed by atoms with Gasteiger partial charge in [0.05, 0.1) is 6.61 Å². The molecule has 1 heterocycles. The van der Waals surface area contributed by atoms with Crippen molar-refractivity contribution in [1.29, 1.82) is 0 Å². The van der Waals surface area contributed by atoms with Crippen molar-refractivity contribution < 1.29 is 5.11 Å². The number of hydrogen-bond donors (Lipinski definition) is 2. The predicted octanol–water partition coefficient (Wildman–Crippen LogP) is 1.18. The fraction of sp³-hybridized carbons (Fsp3) is 0.444. The largest absolute Gasteiger partial charge is 0.394 e. The van der Waals surface area contributed by atoms with Crippen LogP contribution >= 0.6 is 24.8 Å². The summed E-state index contributed by atoms with van der Waals surface area (Å²) in [4.78, 5) is 4.12. The highest BCUT2D eigenvalue weighted by molar-refractivity contribution is 5.85. The zero-order valence-electron chi connectivity index (χ0n) is 8.01. The number of nitrogens with two attached hydrogens (primary N) is 1. The highest BCUT2D eigenvalue weighted by Crippen LogP contribution is 2.06. The van der Waals surface area contributed by atoms with Crippen molar-refractivity contribution in [1.82, 2.24) is 4.98 Å². The van der Waals surface area contributed by atoms with Crippen molar-refractivity contribution in [2.75, 3.05) is 6.61 Å². The number of aliphatic hydroxyl groups is 1. The third kappa shape index (κ3) is 5.40. The van der Waals surface area contributed by atoms with Crippen LogP contribution in [0.25, 0.3) is 0 Å². The molecule has 0 bridgehead atoms. The van der Waals surface area contributed by atoms with Crippen LogP contribution in [0.15, 0.2) is 24.4 Å². The van der Waals surface area contributed by atoms with Crippen molar-refractivity contribution in [2.24, 2.45) is 5.73 Å². The van der Waals surface area contributed by atoms with Gasteiger partial charge in [-0.15, -0.1) is 24.8 Å². The minimum absolute atomic E-state index is 0. The quantitative estimate of drug-likeness (QED) is 0.832. The third-order valence-corrected chi connectivity index (χ3v) is 1.67. The average molecular weight is 239 g/mol. The van der Waals surface area contributed by atoms with Gasteiger partial charge in [0.1, 0.15) is 0 Å². The lowest BCUT2D eigenvalue weighted by atomic mass is 9.98. The molecule has 0 saturated carbocycles. The minimum atomic E-state index is -0.561. The Hall–Kier alpha value is -0.350. The Morgan fingerprint density at radius 3 is 2.50 bits per heavy atom. The maximum atomic E-state index is 8.90. The SMILES string of the molecule is CC(N)(CO)Cc1ccccn1.Cl.Cl. The van der Waals surface area contributed by atoms with Gasteiger partial charge in [-0.2, -0.15) is 0 Å². The van der Waals surface area contributed by atoms with E-state index < -0.39 is 5.54 Å². The van der Waals surface area contributed by atoms with Crippen LogP contribution in [0.3, 0.4) is 0 Å². The Balaban J connectivity index is 0. The molecule has 0 amide bonds. The normalized spacial score (nSPS) is 13.4. The van der Waals surface area contributed by atoms with E-state index in [0.717, 1.165) is 5.69 Å². The maximum Gasteiger partial charge on any atom is 0.0612 e. The van der Waals surface area contributed by atoms with E-state index >= 15 is 0 Å². The van der Waals surface area contributed by atoms with Gasteiger partial charge in [-0.05, 0) is 19.1 Å². The molecule has 1 aromatic heterocycles. The summed E-state index contributed by atoms with van der Waals surface area (Å²) >= 11 is 0. The van der Waals surface area contributed by atoms with E-state index in [1.54, 1.807) is 6.20 Å².